The lowest BCUT2D eigenvalue weighted by Gasteiger charge is -2.14. The molecule has 0 bridgehead atoms. The molecule has 1 aromatic heterocycles. The highest BCUT2D eigenvalue weighted by molar-refractivity contribution is 5.19. The van der Waals surface area contributed by atoms with Gasteiger partial charge in [0.05, 0.1) is 12.2 Å². The molecule has 0 N–H and O–H groups in total. The molecule has 0 fully saturated rings. The normalized spacial score (nSPS) is 12.3. The molecule has 1 atom stereocenters. The van der Waals surface area contributed by atoms with Crippen molar-refractivity contribution in [3.05, 3.63) is 70.0 Å². The Morgan fingerprint density at radius 2 is 2.00 bits per heavy atom. The molecule has 0 aliphatic carbocycles. The first kappa shape index (κ1) is 10.4. The Hall–Kier alpha value is -2.10. The molecule has 0 saturated heterocycles. The molecule has 4 nitrogen and oxygen atoms in total. The van der Waals surface area contributed by atoms with Gasteiger partial charge >= 0.3 is 5.56 Å². The average Bonchev–Trinajstić information content (AvgIpc) is 2.29. The Balaban J connectivity index is 2.42. The lowest BCUT2D eigenvalue weighted by Crippen LogP contribution is -2.35. The summed E-state index contributed by atoms with van der Waals surface area (Å²) in [4.78, 5) is 11.6. The monoisotopic (exact) mass is 216 g/mol. The minimum Gasteiger partial charge on any atom is -0.619 e. The molecule has 2 rings (SSSR count). The average molecular weight is 216 g/mol. The standard InChI is InChI=1S/C12H12N2O2/c1-10(11-5-3-2-4-6-11)14-8-7-13(16)9-12(14)15/h2-10H,1H3. The zero-order valence-corrected chi connectivity index (χ0v) is 8.91. The van der Waals surface area contributed by atoms with E-state index < -0.39 is 0 Å². The minimum absolute atomic E-state index is 0.0742. The first-order valence-corrected chi connectivity index (χ1v) is 5.04. The predicted molar refractivity (Wildman–Crippen MR) is 59.9 cm³/mol. The van der Waals surface area contributed by atoms with Crippen molar-refractivity contribution >= 4 is 0 Å². The number of hydrogen-bond donors (Lipinski definition) is 0. The van der Waals surface area contributed by atoms with Gasteiger partial charge in [0.1, 0.15) is 0 Å². The third-order valence-electron chi connectivity index (χ3n) is 2.57. The van der Waals surface area contributed by atoms with Crippen molar-refractivity contribution in [3.8, 4) is 0 Å². The van der Waals surface area contributed by atoms with Gasteiger partial charge in [-0.15, -0.1) is 0 Å². The van der Waals surface area contributed by atoms with Gasteiger partial charge in [0.2, 0.25) is 6.20 Å². The van der Waals surface area contributed by atoms with E-state index in [2.05, 4.69) is 0 Å². The van der Waals surface area contributed by atoms with Crippen LogP contribution in [0.2, 0.25) is 0 Å². The second-order valence-corrected chi connectivity index (χ2v) is 3.62. The highest BCUT2D eigenvalue weighted by atomic mass is 16.5. The summed E-state index contributed by atoms with van der Waals surface area (Å²) >= 11 is 0. The van der Waals surface area contributed by atoms with Crippen LogP contribution in [0.1, 0.15) is 18.5 Å². The molecule has 0 saturated carbocycles. The molecule has 1 unspecified atom stereocenters. The van der Waals surface area contributed by atoms with Crippen molar-refractivity contribution in [2.24, 2.45) is 0 Å². The van der Waals surface area contributed by atoms with Crippen molar-refractivity contribution in [2.45, 2.75) is 13.0 Å². The van der Waals surface area contributed by atoms with E-state index in [1.54, 1.807) is 0 Å². The van der Waals surface area contributed by atoms with E-state index in [1.165, 1.54) is 17.0 Å². The van der Waals surface area contributed by atoms with Crippen molar-refractivity contribution < 1.29 is 4.73 Å². The summed E-state index contributed by atoms with van der Waals surface area (Å²) in [6.45, 7) is 1.92. The van der Waals surface area contributed by atoms with E-state index in [9.17, 15) is 10.0 Å². The SMILES string of the molecule is CC(c1ccccc1)n1cc[n+]([O-])cc1=O. The summed E-state index contributed by atoms with van der Waals surface area (Å²) in [6.07, 6.45) is 3.85. The predicted octanol–water partition coefficient (Wildman–Crippen LogP) is 1.09. The van der Waals surface area contributed by atoms with Crippen molar-refractivity contribution in [2.75, 3.05) is 0 Å². The van der Waals surface area contributed by atoms with Gasteiger partial charge in [-0.2, -0.15) is 4.73 Å². The molecule has 0 aliphatic rings. The molecular formula is C12H12N2O2. The fourth-order valence-corrected chi connectivity index (χ4v) is 1.64. The van der Waals surface area contributed by atoms with Gasteiger partial charge in [-0.1, -0.05) is 30.3 Å². The molecule has 0 amide bonds. The Morgan fingerprint density at radius 3 is 2.62 bits per heavy atom. The molecule has 2 aromatic rings. The summed E-state index contributed by atoms with van der Waals surface area (Å²) in [5, 5.41) is 10.9. The molecule has 0 spiro atoms. The van der Waals surface area contributed by atoms with Crippen LogP contribution in [0, 0.1) is 5.21 Å². The zero-order valence-electron chi connectivity index (χ0n) is 8.91. The number of hydrogen-bond acceptors (Lipinski definition) is 2. The zero-order chi connectivity index (χ0) is 11.5. The number of aromatic nitrogens is 2. The van der Waals surface area contributed by atoms with Crippen LogP contribution in [0.5, 0.6) is 0 Å². The Labute approximate surface area is 93.0 Å². The number of benzene rings is 1. The quantitative estimate of drug-likeness (QED) is 0.557. The third-order valence-corrected chi connectivity index (χ3v) is 2.57. The third kappa shape index (κ3) is 1.95. The van der Waals surface area contributed by atoms with E-state index in [4.69, 9.17) is 0 Å². The molecule has 1 heterocycles. The summed E-state index contributed by atoms with van der Waals surface area (Å²) in [5.74, 6) is 0. The highest BCUT2D eigenvalue weighted by Gasteiger charge is 2.09. The number of nitrogens with zero attached hydrogens (tertiary/aromatic N) is 2. The topological polar surface area (TPSA) is 48.9 Å². The van der Waals surface area contributed by atoms with Crippen molar-refractivity contribution in [3.63, 3.8) is 0 Å². The molecule has 16 heavy (non-hydrogen) atoms. The minimum atomic E-state index is -0.297. The van der Waals surface area contributed by atoms with Gasteiger partial charge in [0, 0.05) is 0 Å². The second-order valence-electron chi connectivity index (χ2n) is 3.62. The molecule has 1 aromatic carbocycles. The van der Waals surface area contributed by atoms with Gasteiger partial charge in [-0.25, -0.2) is 0 Å². The largest absolute Gasteiger partial charge is 0.619 e. The maximum Gasteiger partial charge on any atom is 0.316 e. The maximum absolute atomic E-state index is 11.6. The second kappa shape index (κ2) is 4.18. The van der Waals surface area contributed by atoms with Crippen LogP contribution < -0.4 is 10.3 Å². The summed E-state index contributed by atoms with van der Waals surface area (Å²) in [5.41, 5.74) is 0.738. The van der Waals surface area contributed by atoms with Crippen LogP contribution in [-0.2, 0) is 0 Å². The number of rotatable bonds is 2. The molecule has 82 valence electrons. The van der Waals surface area contributed by atoms with E-state index in [1.807, 2.05) is 37.3 Å². The van der Waals surface area contributed by atoms with Crippen LogP contribution in [0.4, 0.5) is 0 Å². The smallest absolute Gasteiger partial charge is 0.316 e. The van der Waals surface area contributed by atoms with Crippen LogP contribution in [0.25, 0.3) is 0 Å². The fourth-order valence-electron chi connectivity index (χ4n) is 1.64. The van der Waals surface area contributed by atoms with Gasteiger partial charge in [-0.05, 0) is 12.5 Å². The fraction of sp³-hybridized carbons (Fsp3) is 0.167. The summed E-state index contributed by atoms with van der Waals surface area (Å²) < 4.78 is 2.04. The lowest BCUT2D eigenvalue weighted by molar-refractivity contribution is -0.607. The first-order chi connectivity index (χ1) is 7.68. The van der Waals surface area contributed by atoms with E-state index in [0.717, 1.165) is 11.8 Å². The van der Waals surface area contributed by atoms with Crippen LogP contribution in [0.15, 0.2) is 53.7 Å². The molecule has 0 aliphatic heterocycles. The lowest BCUT2D eigenvalue weighted by atomic mass is 10.1. The Bertz CT molecular complexity index is 534. The van der Waals surface area contributed by atoms with Crippen LogP contribution in [-0.4, -0.2) is 4.57 Å². The van der Waals surface area contributed by atoms with Crippen molar-refractivity contribution in [1.29, 1.82) is 0 Å². The first-order valence-electron chi connectivity index (χ1n) is 5.04. The van der Waals surface area contributed by atoms with Gasteiger partial charge in [-0.3, -0.25) is 9.36 Å². The molecule has 4 heteroatoms. The molecular weight excluding hydrogens is 204 g/mol. The van der Waals surface area contributed by atoms with E-state index >= 15 is 0 Å². The van der Waals surface area contributed by atoms with Crippen LogP contribution >= 0.6 is 0 Å². The van der Waals surface area contributed by atoms with Crippen molar-refractivity contribution in [1.82, 2.24) is 4.57 Å². The Kier molecular flexibility index (Phi) is 2.72. The van der Waals surface area contributed by atoms with Gasteiger partial charge < -0.3 is 5.21 Å². The Morgan fingerprint density at radius 1 is 1.31 bits per heavy atom. The highest BCUT2D eigenvalue weighted by Crippen LogP contribution is 2.14. The van der Waals surface area contributed by atoms with E-state index in [0.29, 0.717) is 4.73 Å². The van der Waals surface area contributed by atoms with Gasteiger partial charge in [0.15, 0.2) is 6.20 Å². The molecule has 0 radical (unpaired) electrons. The summed E-state index contributed by atoms with van der Waals surface area (Å²) in [6, 6.07) is 9.61. The van der Waals surface area contributed by atoms with E-state index in [-0.39, 0.29) is 11.6 Å². The van der Waals surface area contributed by atoms with Crippen LogP contribution in [0.3, 0.4) is 0 Å². The van der Waals surface area contributed by atoms with Gasteiger partial charge in [0.25, 0.3) is 0 Å². The maximum atomic E-state index is 11.6. The summed E-state index contributed by atoms with van der Waals surface area (Å²) in [7, 11) is 0.